The average molecular weight is 237 g/mol. The van der Waals surface area contributed by atoms with Gasteiger partial charge < -0.3 is 15.5 Å². The Morgan fingerprint density at radius 3 is 2.82 bits per heavy atom. The number of nitrogens with one attached hydrogen (secondary N) is 3. The third kappa shape index (κ3) is 1.49. The van der Waals surface area contributed by atoms with Crippen LogP contribution in [0.1, 0.15) is 12.2 Å². The molecule has 1 unspecified atom stereocenters. The number of fused-ring (bicyclic) bond motifs is 1. The van der Waals surface area contributed by atoms with E-state index >= 15 is 0 Å². The Bertz CT molecular complexity index is 676. The minimum absolute atomic E-state index is 0.213. The highest BCUT2D eigenvalue weighted by molar-refractivity contribution is 5.68. The molecule has 17 heavy (non-hydrogen) atoms. The predicted molar refractivity (Wildman–Crippen MR) is 58.6 cm³/mol. The molecule has 1 aliphatic heterocycles. The van der Waals surface area contributed by atoms with Crippen molar-refractivity contribution in [2.75, 3.05) is 13.2 Å². The lowest BCUT2D eigenvalue weighted by Gasteiger charge is -2.17. The smallest absolute Gasteiger partial charge is 0.327 e. The third-order valence-corrected chi connectivity index (χ3v) is 2.91. The summed E-state index contributed by atoms with van der Waals surface area (Å²) in [6.07, 6.45) is 0.620. The molecule has 2 aromatic rings. The standard InChI is InChI=1S/C9H11N5O3/c10-9(1-2-17-3-9)7-11-4-5(12-7)13-8(16)14-6(4)15/h1-3,10H2,(H3,11,12,13,14,15,16). The lowest BCUT2D eigenvalue weighted by Crippen LogP contribution is -2.38. The minimum atomic E-state index is -0.720. The van der Waals surface area contributed by atoms with E-state index in [0.29, 0.717) is 25.5 Å². The second-order valence-corrected chi connectivity index (χ2v) is 4.18. The van der Waals surface area contributed by atoms with Gasteiger partial charge in [0.2, 0.25) is 0 Å². The van der Waals surface area contributed by atoms with Crippen LogP contribution in [0.15, 0.2) is 9.59 Å². The molecule has 0 saturated carbocycles. The SMILES string of the molecule is NC1(c2nc3[nH]c(=O)[nH]c(=O)c3[nH]2)CCOC1. The summed E-state index contributed by atoms with van der Waals surface area (Å²) in [5.41, 5.74) is 4.72. The Morgan fingerprint density at radius 1 is 1.29 bits per heavy atom. The maximum absolute atomic E-state index is 11.5. The number of hydrogen-bond donors (Lipinski definition) is 4. The van der Waals surface area contributed by atoms with Gasteiger partial charge in [-0.05, 0) is 6.42 Å². The normalized spacial score (nSPS) is 24.5. The first kappa shape index (κ1) is 10.2. The first-order chi connectivity index (χ1) is 8.08. The average Bonchev–Trinajstić information content (AvgIpc) is 2.84. The summed E-state index contributed by atoms with van der Waals surface area (Å²) < 4.78 is 5.22. The summed E-state index contributed by atoms with van der Waals surface area (Å²) in [5, 5.41) is 0. The molecule has 8 heteroatoms. The molecule has 0 spiro atoms. The molecular formula is C9H11N5O3. The summed E-state index contributed by atoms with van der Waals surface area (Å²) in [4.78, 5) is 34.2. The highest BCUT2D eigenvalue weighted by atomic mass is 16.5. The van der Waals surface area contributed by atoms with Crippen LogP contribution in [0.4, 0.5) is 0 Å². The van der Waals surface area contributed by atoms with Crippen LogP contribution in [0.5, 0.6) is 0 Å². The van der Waals surface area contributed by atoms with E-state index in [1.807, 2.05) is 0 Å². The van der Waals surface area contributed by atoms with Gasteiger partial charge >= 0.3 is 5.69 Å². The molecule has 1 aliphatic rings. The van der Waals surface area contributed by atoms with Crippen LogP contribution < -0.4 is 17.0 Å². The summed E-state index contributed by atoms with van der Waals surface area (Å²) in [7, 11) is 0. The van der Waals surface area contributed by atoms with E-state index < -0.39 is 16.8 Å². The van der Waals surface area contributed by atoms with Gasteiger partial charge in [0.05, 0.1) is 6.61 Å². The van der Waals surface area contributed by atoms with Crippen molar-refractivity contribution in [2.45, 2.75) is 12.0 Å². The van der Waals surface area contributed by atoms with Gasteiger partial charge in [0, 0.05) is 6.61 Å². The molecule has 0 aromatic carbocycles. The first-order valence-corrected chi connectivity index (χ1v) is 5.18. The van der Waals surface area contributed by atoms with Crippen LogP contribution in [0.25, 0.3) is 11.2 Å². The van der Waals surface area contributed by atoms with Crippen LogP contribution >= 0.6 is 0 Å². The summed E-state index contributed by atoms with van der Waals surface area (Å²) in [5.74, 6) is 0.456. The van der Waals surface area contributed by atoms with Gasteiger partial charge in [-0.3, -0.25) is 14.8 Å². The molecule has 1 atom stereocenters. The Morgan fingerprint density at radius 2 is 2.12 bits per heavy atom. The van der Waals surface area contributed by atoms with Crippen molar-refractivity contribution in [1.29, 1.82) is 0 Å². The van der Waals surface area contributed by atoms with Crippen LogP contribution in [-0.4, -0.2) is 33.1 Å². The molecule has 5 N–H and O–H groups in total. The van der Waals surface area contributed by atoms with Gasteiger partial charge in [0.25, 0.3) is 5.56 Å². The van der Waals surface area contributed by atoms with Gasteiger partial charge in [-0.25, -0.2) is 9.78 Å². The van der Waals surface area contributed by atoms with E-state index in [2.05, 4.69) is 19.9 Å². The molecule has 1 fully saturated rings. The monoisotopic (exact) mass is 237 g/mol. The number of nitrogens with two attached hydrogens (primary N) is 1. The van der Waals surface area contributed by atoms with E-state index in [1.54, 1.807) is 0 Å². The Labute approximate surface area is 94.2 Å². The second-order valence-electron chi connectivity index (χ2n) is 4.18. The quantitative estimate of drug-likeness (QED) is 0.480. The highest BCUT2D eigenvalue weighted by Gasteiger charge is 2.35. The number of aromatic amines is 3. The molecule has 0 bridgehead atoms. The van der Waals surface area contributed by atoms with E-state index in [9.17, 15) is 9.59 Å². The van der Waals surface area contributed by atoms with Crippen LogP contribution in [0, 0.1) is 0 Å². The van der Waals surface area contributed by atoms with Crippen molar-refractivity contribution in [3.63, 3.8) is 0 Å². The molecule has 0 radical (unpaired) electrons. The van der Waals surface area contributed by atoms with Crippen molar-refractivity contribution in [1.82, 2.24) is 19.9 Å². The van der Waals surface area contributed by atoms with Crippen molar-refractivity contribution in [3.05, 3.63) is 26.7 Å². The van der Waals surface area contributed by atoms with Crippen LogP contribution in [0.3, 0.4) is 0 Å². The zero-order valence-corrected chi connectivity index (χ0v) is 8.87. The first-order valence-electron chi connectivity index (χ1n) is 5.18. The largest absolute Gasteiger partial charge is 0.379 e. The van der Waals surface area contributed by atoms with Gasteiger partial charge in [0.1, 0.15) is 16.9 Å². The third-order valence-electron chi connectivity index (χ3n) is 2.91. The molecule has 0 aliphatic carbocycles. The summed E-state index contributed by atoms with van der Waals surface area (Å²) >= 11 is 0. The highest BCUT2D eigenvalue weighted by Crippen LogP contribution is 2.25. The fourth-order valence-electron chi connectivity index (χ4n) is 1.94. The molecule has 3 rings (SSSR count). The molecular weight excluding hydrogens is 226 g/mol. The summed E-state index contributed by atoms with van der Waals surface area (Å²) in [6, 6.07) is 0. The van der Waals surface area contributed by atoms with Crippen LogP contribution in [-0.2, 0) is 10.3 Å². The minimum Gasteiger partial charge on any atom is -0.379 e. The molecule has 1 saturated heterocycles. The maximum atomic E-state index is 11.5. The molecule has 90 valence electrons. The number of H-pyrrole nitrogens is 3. The van der Waals surface area contributed by atoms with E-state index in [0.717, 1.165) is 0 Å². The molecule has 8 nitrogen and oxygen atoms in total. The van der Waals surface area contributed by atoms with E-state index in [-0.39, 0.29) is 11.2 Å². The lowest BCUT2D eigenvalue weighted by molar-refractivity contribution is 0.176. The number of nitrogens with zero attached hydrogens (tertiary/aromatic N) is 1. The van der Waals surface area contributed by atoms with Crippen molar-refractivity contribution in [3.8, 4) is 0 Å². The Balaban J connectivity index is 2.23. The zero-order valence-electron chi connectivity index (χ0n) is 8.87. The second kappa shape index (κ2) is 3.28. The number of rotatable bonds is 1. The van der Waals surface area contributed by atoms with Crippen molar-refractivity contribution in [2.24, 2.45) is 5.73 Å². The number of hydrogen-bond acceptors (Lipinski definition) is 5. The topological polar surface area (TPSA) is 130 Å². The number of imidazole rings is 1. The summed E-state index contributed by atoms with van der Waals surface area (Å²) in [6.45, 7) is 0.898. The van der Waals surface area contributed by atoms with E-state index in [4.69, 9.17) is 10.5 Å². The van der Waals surface area contributed by atoms with Crippen molar-refractivity contribution < 1.29 is 4.74 Å². The van der Waals surface area contributed by atoms with Crippen molar-refractivity contribution >= 4 is 11.2 Å². The van der Waals surface area contributed by atoms with Crippen LogP contribution in [0.2, 0.25) is 0 Å². The number of aromatic nitrogens is 4. The predicted octanol–water partition coefficient (Wildman–Crippen LogP) is -1.49. The molecule has 3 heterocycles. The van der Waals surface area contributed by atoms with Gasteiger partial charge in [0.15, 0.2) is 5.65 Å². The number of ether oxygens (including phenoxy) is 1. The van der Waals surface area contributed by atoms with Gasteiger partial charge in [-0.15, -0.1) is 0 Å². The fourth-order valence-corrected chi connectivity index (χ4v) is 1.94. The Kier molecular flexibility index (Phi) is 1.98. The fraction of sp³-hybridized carbons (Fsp3) is 0.444. The van der Waals surface area contributed by atoms with Gasteiger partial charge in [-0.2, -0.15) is 0 Å². The Hall–Kier alpha value is -1.93. The van der Waals surface area contributed by atoms with E-state index in [1.165, 1.54) is 0 Å². The molecule has 2 aromatic heterocycles. The lowest BCUT2D eigenvalue weighted by atomic mass is 10.00. The molecule has 0 amide bonds. The van der Waals surface area contributed by atoms with Gasteiger partial charge in [-0.1, -0.05) is 0 Å². The zero-order chi connectivity index (χ0) is 12.0. The maximum Gasteiger partial charge on any atom is 0.327 e.